The van der Waals surface area contributed by atoms with Crippen LogP contribution < -0.4 is 0 Å². The first-order chi connectivity index (χ1) is 8.51. The zero-order valence-electron chi connectivity index (χ0n) is 9.46. The normalized spacial score (nSPS) is 10.2. The quantitative estimate of drug-likeness (QED) is 0.654. The van der Waals surface area contributed by atoms with Crippen molar-refractivity contribution in [3.05, 3.63) is 42.5 Å². The van der Waals surface area contributed by atoms with E-state index in [4.69, 9.17) is 0 Å². The number of benzene rings is 2. The predicted molar refractivity (Wildman–Crippen MR) is 68.6 cm³/mol. The van der Waals surface area contributed by atoms with Gasteiger partial charge in [0.05, 0.1) is 5.56 Å². The molecule has 92 valence electrons. The molecule has 0 bridgehead atoms. The fourth-order valence-electron chi connectivity index (χ4n) is 1.79. The number of phenols is 4. The van der Waals surface area contributed by atoms with Crippen molar-refractivity contribution < 1.29 is 20.4 Å². The highest BCUT2D eigenvalue weighted by atomic mass is 16.3. The summed E-state index contributed by atoms with van der Waals surface area (Å²) in [7, 11) is 0. The minimum Gasteiger partial charge on any atom is -0.508 e. The maximum Gasteiger partial charge on any atom is 0.127 e. The van der Waals surface area contributed by atoms with E-state index in [1.807, 2.05) is 0 Å². The third-order valence-electron chi connectivity index (χ3n) is 2.55. The molecule has 0 aliphatic rings. The summed E-state index contributed by atoms with van der Waals surface area (Å²) in [4.78, 5) is 0. The van der Waals surface area contributed by atoms with Crippen LogP contribution in [0.2, 0.25) is 0 Å². The van der Waals surface area contributed by atoms with E-state index in [1.54, 1.807) is 0 Å². The highest BCUT2D eigenvalue weighted by Crippen LogP contribution is 2.40. The molecule has 0 radical (unpaired) electrons. The number of phenolic OH excluding ortho intramolecular Hbond substituents is 4. The van der Waals surface area contributed by atoms with Crippen molar-refractivity contribution in [2.24, 2.45) is 0 Å². The molecule has 0 amide bonds. The summed E-state index contributed by atoms with van der Waals surface area (Å²) in [5.41, 5.74) is 1.03. The lowest BCUT2D eigenvalue weighted by Crippen LogP contribution is -1.83. The van der Waals surface area contributed by atoms with Gasteiger partial charge in [0.15, 0.2) is 0 Å². The fraction of sp³-hybridized carbons (Fsp3) is 0. The summed E-state index contributed by atoms with van der Waals surface area (Å²) >= 11 is 0. The molecule has 0 aliphatic carbocycles. The Balaban J connectivity index is 2.67. The Kier molecular flexibility index (Phi) is 2.85. The van der Waals surface area contributed by atoms with Crippen molar-refractivity contribution >= 4 is 6.08 Å². The number of aromatic hydroxyl groups is 4. The molecule has 2 aromatic carbocycles. The summed E-state index contributed by atoms with van der Waals surface area (Å²) in [6.07, 6.45) is 1.49. The standard InChI is InChI=1S/C14H12O4/c1-2-8-3-12(17)14(13(18)4-8)9-5-10(15)7-11(16)6-9/h2-7,15-18H,1H2. The van der Waals surface area contributed by atoms with Crippen molar-refractivity contribution in [3.63, 3.8) is 0 Å². The Labute approximate surface area is 104 Å². The van der Waals surface area contributed by atoms with Gasteiger partial charge in [0, 0.05) is 6.07 Å². The predicted octanol–water partition coefficient (Wildman–Crippen LogP) is 2.82. The largest absolute Gasteiger partial charge is 0.508 e. The van der Waals surface area contributed by atoms with Gasteiger partial charge in [-0.15, -0.1) is 0 Å². The van der Waals surface area contributed by atoms with Gasteiger partial charge in [0.1, 0.15) is 23.0 Å². The summed E-state index contributed by atoms with van der Waals surface area (Å²) in [6, 6.07) is 6.70. The van der Waals surface area contributed by atoms with E-state index in [9.17, 15) is 20.4 Å². The lowest BCUT2D eigenvalue weighted by molar-refractivity contribution is 0.448. The molecule has 0 spiro atoms. The van der Waals surface area contributed by atoms with Crippen molar-refractivity contribution in [1.82, 2.24) is 0 Å². The van der Waals surface area contributed by atoms with Crippen molar-refractivity contribution in [1.29, 1.82) is 0 Å². The van der Waals surface area contributed by atoms with Crippen LogP contribution in [-0.4, -0.2) is 20.4 Å². The molecular weight excluding hydrogens is 232 g/mol. The molecule has 0 fully saturated rings. The molecule has 0 aromatic heterocycles. The van der Waals surface area contributed by atoms with Crippen LogP contribution in [0.5, 0.6) is 23.0 Å². The maximum absolute atomic E-state index is 9.87. The van der Waals surface area contributed by atoms with E-state index in [1.165, 1.54) is 30.3 Å². The number of hydrogen-bond donors (Lipinski definition) is 4. The Bertz CT molecular complexity index is 574. The molecular formula is C14H12O4. The number of hydrogen-bond acceptors (Lipinski definition) is 4. The van der Waals surface area contributed by atoms with Gasteiger partial charge < -0.3 is 20.4 Å². The van der Waals surface area contributed by atoms with Gasteiger partial charge in [-0.1, -0.05) is 12.7 Å². The second kappa shape index (κ2) is 4.33. The third-order valence-corrected chi connectivity index (χ3v) is 2.55. The Morgan fingerprint density at radius 1 is 0.778 bits per heavy atom. The Morgan fingerprint density at radius 3 is 1.72 bits per heavy atom. The summed E-state index contributed by atoms with van der Waals surface area (Å²) < 4.78 is 0. The van der Waals surface area contributed by atoms with Crippen LogP contribution in [0.3, 0.4) is 0 Å². The van der Waals surface area contributed by atoms with Gasteiger partial charge in [-0.3, -0.25) is 0 Å². The molecule has 0 saturated heterocycles. The van der Waals surface area contributed by atoms with Crippen molar-refractivity contribution in [3.8, 4) is 34.1 Å². The monoisotopic (exact) mass is 244 g/mol. The average molecular weight is 244 g/mol. The molecule has 0 saturated carbocycles. The smallest absolute Gasteiger partial charge is 0.127 e. The first-order valence-corrected chi connectivity index (χ1v) is 5.23. The van der Waals surface area contributed by atoms with Crippen LogP contribution in [0.4, 0.5) is 0 Å². The lowest BCUT2D eigenvalue weighted by atomic mass is 10.0. The summed E-state index contributed by atoms with van der Waals surface area (Å²) in [6.45, 7) is 3.54. The maximum atomic E-state index is 9.87. The zero-order chi connectivity index (χ0) is 13.3. The van der Waals surface area contributed by atoms with Crippen LogP contribution >= 0.6 is 0 Å². The molecule has 0 unspecified atom stereocenters. The average Bonchev–Trinajstić information content (AvgIpc) is 2.26. The number of rotatable bonds is 2. The van der Waals surface area contributed by atoms with Crippen LogP contribution in [0.25, 0.3) is 17.2 Å². The zero-order valence-corrected chi connectivity index (χ0v) is 9.46. The molecule has 4 N–H and O–H groups in total. The third kappa shape index (κ3) is 2.08. The first-order valence-electron chi connectivity index (χ1n) is 5.23. The van der Waals surface area contributed by atoms with Gasteiger partial charge in [0.2, 0.25) is 0 Å². The minimum absolute atomic E-state index is 0.145. The van der Waals surface area contributed by atoms with E-state index in [0.717, 1.165) is 6.07 Å². The molecule has 4 nitrogen and oxygen atoms in total. The van der Waals surface area contributed by atoms with Gasteiger partial charge >= 0.3 is 0 Å². The van der Waals surface area contributed by atoms with Crippen LogP contribution in [0.1, 0.15) is 5.56 Å². The second-order valence-electron chi connectivity index (χ2n) is 3.88. The van der Waals surface area contributed by atoms with E-state index in [0.29, 0.717) is 11.1 Å². The summed E-state index contributed by atoms with van der Waals surface area (Å²) in [5.74, 6) is -0.627. The molecule has 18 heavy (non-hydrogen) atoms. The van der Waals surface area contributed by atoms with E-state index in [2.05, 4.69) is 6.58 Å². The topological polar surface area (TPSA) is 80.9 Å². The van der Waals surface area contributed by atoms with Crippen LogP contribution in [0.15, 0.2) is 36.9 Å². The van der Waals surface area contributed by atoms with Crippen LogP contribution in [-0.2, 0) is 0 Å². The minimum atomic E-state index is -0.157. The Morgan fingerprint density at radius 2 is 1.28 bits per heavy atom. The second-order valence-corrected chi connectivity index (χ2v) is 3.88. The molecule has 2 rings (SSSR count). The highest BCUT2D eigenvalue weighted by Gasteiger charge is 2.13. The SMILES string of the molecule is C=Cc1cc(O)c(-c2cc(O)cc(O)c2)c(O)c1. The van der Waals surface area contributed by atoms with Crippen molar-refractivity contribution in [2.75, 3.05) is 0 Å². The van der Waals surface area contributed by atoms with Gasteiger partial charge in [-0.05, 0) is 35.4 Å². The molecule has 2 aromatic rings. The van der Waals surface area contributed by atoms with Gasteiger partial charge in [-0.2, -0.15) is 0 Å². The molecule has 0 atom stereocenters. The first kappa shape index (κ1) is 11.9. The fourth-order valence-corrected chi connectivity index (χ4v) is 1.79. The lowest BCUT2D eigenvalue weighted by Gasteiger charge is -2.10. The van der Waals surface area contributed by atoms with Gasteiger partial charge in [0.25, 0.3) is 0 Å². The summed E-state index contributed by atoms with van der Waals surface area (Å²) in [5, 5.41) is 38.5. The van der Waals surface area contributed by atoms with Gasteiger partial charge in [-0.25, -0.2) is 0 Å². The highest BCUT2D eigenvalue weighted by molar-refractivity contribution is 5.79. The van der Waals surface area contributed by atoms with E-state index in [-0.39, 0.29) is 28.6 Å². The molecule has 4 heteroatoms. The Hall–Kier alpha value is -2.62. The van der Waals surface area contributed by atoms with Crippen LogP contribution in [0, 0.1) is 0 Å². The molecule has 0 aliphatic heterocycles. The van der Waals surface area contributed by atoms with Crippen molar-refractivity contribution in [2.45, 2.75) is 0 Å². The van der Waals surface area contributed by atoms with E-state index < -0.39 is 0 Å². The molecule has 0 heterocycles. The van der Waals surface area contributed by atoms with E-state index >= 15 is 0 Å².